The molecule has 0 radical (unpaired) electrons. The molecule has 0 unspecified atom stereocenters. The minimum absolute atomic E-state index is 0.0246. The Labute approximate surface area is 113 Å². The van der Waals surface area contributed by atoms with Gasteiger partial charge in [0, 0.05) is 12.4 Å². The van der Waals surface area contributed by atoms with Crippen molar-refractivity contribution in [3.63, 3.8) is 0 Å². The van der Waals surface area contributed by atoms with E-state index in [4.69, 9.17) is 11.6 Å². The van der Waals surface area contributed by atoms with E-state index in [-0.39, 0.29) is 5.91 Å². The number of rotatable bonds is 5. The number of halogens is 2. The average molecular weight is 323 g/mol. The molecule has 1 N–H and O–H groups in total. The monoisotopic (exact) mass is 321 g/mol. The van der Waals surface area contributed by atoms with Crippen LogP contribution in [0.15, 0.2) is 15.9 Å². The molecule has 1 amide bonds. The number of nitrogens with one attached hydrogen (secondary N) is 1. The third-order valence-electron chi connectivity index (χ3n) is 3.00. The molecule has 88 valence electrons. The van der Waals surface area contributed by atoms with E-state index in [1.54, 1.807) is 0 Å². The van der Waals surface area contributed by atoms with Gasteiger partial charge in [0.15, 0.2) is 0 Å². The van der Waals surface area contributed by atoms with Crippen LogP contribution in [0.1, 0.15) is 28.9 Å². The van der Waals surface area contributed by atoms with Crippen molar-refractivity contribution in [3.05, 3.63) is 20.8 Å². The lowest BCUT2D eigenvalue weighted by Gasteiger charge is -2.13. The largest absolute Gasteiger partial charge is 0.351 e. The van der Waals surface area contributed by atoms with Crippen LogP contribution in [-0.4, -0.2) is 18.3 Å². The first-order valence-electron chi connectivity index (χ1n) is 5.25. The van der Waals surface area contributed by atoms with E-state index in [2.05, 4.69) is 21.2 Å². The van der Waals surface area contributed by atoms with E-state index in [0.29, 0.717) is 11.3 Å². The molecule has 1 fully saturated rings. The Morgan fingerprint density at radius 2 is 2.31 bits per heavy atom. The molecule has 1 aliphatic carbocycles. The van der Waals surface area contributed by atoms with E-state index in [1.807, 2.05) is 12.1 Å². The Hall–Kier alpha value is -0.0600. The Balaban J connectivity index is 1.84. The molecule has 16 heavy (non-hydrogen) atoms. The Morgan fingerprint density at radius 3 is 2.81 bits per heavy atom. The van der Waals surface area contributed by atoms with Gasteiger partial charge in [-0.1, -0.05) is 0 Å². The number of alkyl halides is 1. The molecular weight excluding hydrogens is 310 g/mol. The molecule has 0 bridgehead atoms. The van der Waals surface area contributed by atoms with Crippen LogP contribution >= 0.6 is 38.9 Å². The zero-order chi connectivity index (χ0) is 11.6. The predicted molar refractivity (Wildman–Crippen MR) is 71.4 cm³/mol. The summed E-state index contributed by atoms with van der Waals surface area (Å²) in [7, 11) is 0. The van der Waals surface area contributed by atoms with Gasteiger partial charge in [0.2, 0.25) is 0 Å². The number of amides is 1. The number of carbonyl (C=O) groups is 1. The van der Waals surface area contributed by atoms with Crippen molar-refractivity contribution in [1.82, 2.24) is 5.32 Å². The number of hydrogen-bond donors (Lipinski definition) is 1. The van der Waals surface area contributed by atoms with Crippen LogP contribution in [-0.2, 0) is 0 Å². The van der Waals surface area contributed by atoms with Gasteiger partial charge in [-0.2, -0.15) is 0 Å². The zero-order valence-electron chi connectivity index (χ0n) is 8.76. The molecule has 1 aromatic heterocycles. The van der Waals surface area contributed by atoms with E-state index in [9.17, 15) is 4.79 Å². The summed E-state index contributed by atoms with van der Waals surface area (Å²) in [5.41, 5.74) is 0.298. The van der Waals surface area contributed by atoms with Crippen LogP contribution in [0.4, 0.5) is 0 Å². The standard InChI is InChI=1S/C11H13BrClNOS/c12-9-2-1-8(16-9)10(15)14-7-11(3-4-11)5-6-13/h1-2H,3-7H2,(H,14,15). The summed E-state index contributed by atoms with van der Waals surface area (Å²) in [6.07, 6.45) is 3.38. The molecule has 0 aromatic carbocycles. The Morgan fingerprint density at radius 1 is 1.56 bits per heavy atom. The maximum atomic E-state index is 11.8. The third kappa shape index (κ3) is 2.99. The van der Waals surface area contributed by atoms with E-state index < -0.39 is 0 Å². The fraction of sp³-hybridized carbons (Fsp3) is 0.545. The topological polar surface area (TPSA) is 29.1 Å². The molecule has 1 aliphatic rings. The van der Waals surface area contributed by atoms with Gasteiger partial charge in [0.25, 0.3) is 5.91 Å². The minimum Gasteiger partial charge on any atom is -0.351 e. The van der Waals surface area contributed by atoms with Crippen LogP contribution in [0.25, 0.3) is 0 Å². The second kappa shape index (κ2) is 5.07. The lowest BCUT2D eigenvalue weighted by molar-refractivity contribution is 0.0948. The first-order chi connectivity index (χ1) is 7.65. The SMILES string of the molecule is O=C(NCC1(CCCl)CC1)c1ccc(Br)s1. The van der Waals surface area contributed by atoms with Gasteiger partial charge >= 0.3 is 0 Å². The lowest BCUT2D eigenvalue weighted by Crippen LogP contribution is -2.29. The van der Waals surface area contributed by atoms with Crippen molar-refractivity contribution in [1.29, 1.82) is 0 Å². The summed E-state index contributed by atoms with van der Waals surface area (Å²) >= 11 is 10.6. The molecule has 0 aliphatic heterocycles. The lowest BCUT2D eigenvalue weighted by atomic mass is 10.0. The van der Waals surface area contributed by atoms with Crippen molar-refractivity contribution in [2.75, 3.05) is 12.4 Å². The molecule has 1 aromatic rings. The van der Waals surface area contributed by atoms with E-state index in [0.717, 1.165) is 21.6 Å². The summed E-state index contributed by atoms with van der Waals surface area (Å²) in [5.74, 6) is 0.706. The van der Waals surface area contributed by atoms with Crippen LogP contribution in [0.3, 0.4) is 0 Å². The van der Waals surface area contributed by atoms with Gasteiger partial charge in [0.05, 0.1) is 8.66 Å². The third-order valence-corrected chi connectivity index (χ3v) is 4.81. The maximum Gasteiger partial charge on any atom is 0.261 e. The summed E-state index contributed by atoms with van der Waals surface area (Å²) in [4.78, 5) is 12.5. The van der Waals surface area contributed by atoms with Crippen molar-refractivity contribution in [3.8, 4) is 0 Å². The molecule has 2 rings (SSSR count). The number of hydrogen-bond acceptors (Lipinski definition) is 2. The van der Waals surface area contributed by atoms with Crippen LogP contribution in [0.2, 0.25) is 0 Å². The first-order valence-corrected chi connectivity index (χ1v) is 7.39. The summed E-state index contributed by atoms with van der Waals surface area (Å²) in [6.45, 7) is 0.758. The molecule has 0 spiro atoms. The highest BCUT2D eigenvalue weighted by Gasteiger charge is 2.41. The normalized spacial score (nSPS) is 17.1. The van der Waals surface area contributed by atoms with Gasteiger partial charge in [-0.15, -0.1) is 22.9 Å². The zero-order valence-corrected chi connectivity index (χ0v) is 11.9. The first kappa shape index (κ1) is 12.4. The quantitative estimate of drug-likeness (QED) is 0.824. The molecule has 0 atom stereocenters. The number of carbonyl (C=O) groups excluding carboxylic acids is 1. The highest BCUT2D eigenvalue weighted by molar-refractivity contribution is 9.11. The summed E-state index contributed by atoms with van der Waals surface area (Å²) in [6, 6.07) is 3.73. The van der Waals surface area contributed by atoms with Crippen molar-refractivity contribution in [2.45, 2.75) is 19.3 Å². The highest BCUT2D eigenvalue weighted by Crippen LogP contribution is 2.48. The summed E-state index contributed by atoms with van der Waals surface area (Å²) in [5, 5.41) is 2.99. The van der Waals surface area contributed by atoms with E-state index in [1.165, 1.54) is 24.2 Å². The van der Waals surface area contributed by atoms with Gasteiger partial charge < -0.3 is 5.32 Å². The van der Waals surface area contributed by atoms with Crippen molar-refractivity contribution < 1.29 is 4.79 Å². The average Bonchev–Trinajstić information content (AvgIpc) is 2.89. The predicted octanol–water partition coefficient (Wildman–Crippen LogP) is 3.65. The second-order valence-electron chi connectivity index (χ2n) is 4.23. The molecular formula is C11H13BrClNOS. The molecule has 0 saturated heterocycles. The summed E-state index contributed by atoms with van der Waals surface area (Å²) < 4.78 is 0.986. The molecule has 2 nitrogen and oxygen atoms in total. The van der Waals surface area contributed by atoms with Crippen LogP contribution < -0.4 is 5.32 Å². The van der Waals surface area contributed by atoms with Gasteiger partial charge in [-0.25, -0.2) is 0 Å². The maximum absolute atomic E-state index is 11.8. The van der Waals surface area contributed by atoms with Crippen LogP contribution in [0.5, 0.6) is 0 Å². The minimum atomic E-state index is 0.0246. The Kier molecular flexibility index (Phi) is 3.93. The smallest absolute Gasteiger partial charge is 0.261 e. The fourth-order valence-electron chi connectivity index (χ4n) is 1.68. The molecule has 1 saturated carbocycles. The van der Waals surface area contributed by atoms with Gasteiger partial charge in [-0.05, 0) is 52.7 Å². The van der Waals surface area contributed by atoms with Crippen molar-refractivity contribution in [2.24, 2.45) is 5.41 Å². The Bertz CT molecular complexity index is 389. The highest BCUT2D eigenvalue weighted by atomic mass is 79.9. The molecule has 1 heterocycles. The van der Waals surface area contributed by atoms with Crippen LogP contribution in [0, 0.1) is 5.41 Å². The molecule has 5 heteroatoms. The fourth-order valence-corrected chi connectivity index (χ4v) is 3.39. The second-order valence-corrected chi connectivity index (χ2v) is 7.07. The van der Waals surface area contributed by atoms with Crippen molar-refractivity contribution >= 4 is 44.8 Å². The van der Waals surface area contributed by atoms with Gasteiger partial charge in [-0.3, -0.25) is 4.79 Å². The van der Waals surface area contributed by atoms with E-state index >= 15 is 0 Å². The number of thiophene rings is 1. The van der Waals surface area contributed by atoms with Gasteiger partial charge in [0.1, 0.15) is 0 Å².